The van der Waals surface area contributed by atoms with Crippen molar-refractivity contribution in [1.82, 2.24) is 0 Å². The first kappa shape index (κ1) is 22.8. The van der Waals surface area contributed by atoms with Gasteiger partial charge in [0.25, 0.3) is 11.6 Å². The number of hydrogen-bond donors (Lipinski definition) is 0. The van der Waals surface area contributed by atoms with E-state index in [-0.39, 0.29) is 10.7 Å². The van der Waals surface area contributed by atoms with Gasteiger partial charge in [-0.05, 0) is 49.4 Å². The van der Waals surface area contributed by atoms with E-state index in [2.05, 4.69) is 0 Å². The van der Waals surface area contributed by atoms with Crippen LogP contribution in [-0.4, -0.2) is 29.4 Å². The molecule has 0 N–H and O–H groups in total. The van der Waals surface area contributed by atoms with Crippen molar-refractivity contribution in [2.24, 2.45) is 5.92 Å². The predicted octanol–water partition coefficient (Wildman–Crippen LogP) is 4.70. The number of para-hydroxylation sites is 1. The van der Waals surface area contributed by atoms with Crippen LogP contribution in [-0.2, 0) is 14.4 Å². The number of nitrogens with zero attached hydrogens (tertiary/aromatic N) is 3. The molecule has 9 nitrogen and oxygen atoms in total. The van der Waals surface area contributed by atoms with Gasteiger partial charge in [-0.25, -0.2) is 9.96 Å². The van der Waals surface area contributed by atoms with Crippen LogP contribution in [0.25, 0.3) is 0 Å². The lowest BCUT2D eigenvalue weighted by Crippen LogP contribution is -2.37. The number of rotatable bonds is 6. The lowest BCUT2D eigenvalue weighted by atomic mass is 9.90. The molecule has 178 valence electrons. The highest BCUT2D eigenvalue weighted by molar-refractivity contribution is 6.31. The van der Waals surface area contributed by atoms with Gasteiger partial charge >= 0.3 is 0 Å². The van der Waals surface area contributed by atoms with Crippen molar-refractivity contribution in [3.05, 3.63) is 93.5 Å². The van der Waals surface area contributed by atoms with E-state index in [9.17, 15) is 19.7 Å². The zero-order valence-corrected chi connectivity index (χ0v) is 19.3. The number of carbonyl (C=O) groups excluding carboxylic acids is 2. The third-order valence-corrected chi connectivity index (χ3v) is 6.39. The number of halogens is 1. The number of imide groups is 1. The van der Waals surface area contributed by atoms with Crippen molar-refractivity contribution in [2.45, 2.75) is 19.1 Å². The van der Waals surface area contributed by atoms with Crippen LogP contribution < -0.4 is 14.7 Å². The number of non-ortho nitro benzene ring substituents is 1. The fraction of sp³-hybridized carbons (Fsp3) is 0.200. The number of fused-ring (bicyclic) bond motifs is 1. The van der Waals surface area contributed by atoms with Gasteiger partial charge in [-0.3, -0.25) is 24.5 Å². The average Bonchev–Trinajstić information content (AvgIpc) is 3.36. The zero-order chi connectivity index (χ0) is 24.7. The maximum Gasteiger partial charge on any atom is 0.269 e. The summed E-state index contributed by atoms with van der Waals surface area (Å²) >= 11 is 6.48. The Morgan fingerprint density at radius 3 is 2.37 bits per heavy atom. The van der Waals surface area contributed by atoms with Crippen molar-refractivity contribution < 1.29 is 24.1 Å². The van der Waals surface area contributed by atoms with Crippen LogP contribution in [0.3, 0.4) is 0 Å². The highest BCUT2D eigenvalue weighted by Gasteiger charge is 2.60. The lowest BCUT2D eigenvalue weighted by molar-refractivity contribution is -0.384. The number of ether oxygens (including phenoxy) is 1. The summed E-state index contributed by atoms with van der Waals surface area (Å²) in [5.41, 5.74) is 1.12. The van der Waals surface area contributed by atoms with Crippen molar-refractivity contribution in [3.63, 3.8) is 0 Å². The smallest absolute Gasteiger partial charge is 0.269 e. The quantitative estimate of drug-likeness (QED) is 0.278. The molecule has 2 saturated heterocycles. The first-order valence-corrected chi connectivity index (χ1v) is 11.3. The topological polar surface area (TPSA) is 102 Å². The number of anilines is 2. The summed E-state index contributed by atoms with van der Waals surface area (Å²) in [5.74, 6) is -1.35. The monoisotopic (exact) mass is 493 g/mol. The van der Waals surface area contributed by atoms with E-state index in [1.807, 2.05) is 13.0 Å². The number of carbonyl (C=O) groups is 2. The lowest BCUT2D eigenvalue weighted by Gasteiger charge is -2.29. The Kier molecular flexibility index (Phi) is 5.88. The van der Waals surface area contributed by atoms with Crippen LogP contribution in [0.2, 0.25) is 5.02 Å². The molecule has 0 aliphatic carbocycles. The number of hydrogen-bond acceptors (Lipinski definition) is 7. The van der Waals surface area contributed by atoms with Gasteiger partial charge in [0.05, 0.1) is 28.9 Å². The fourth-order valence-corrected chi connectivity index (χ4v) is 4.74. The van der Waals surface area contributed by atoms with Crippen LogP contribution >= 0.6 is 11.6 Å². The summed E-state index contributed by atoms with van der Waals surface area (Å²) < 4.78 is 5.44. The molecule has 0 radical (unpaired) electrons. The van der Waals surface area contributed by atoms with Gasteiger partial charge in [0.15, 0.2) is 6.10 Å². The van der Waals surface area contributed by atoms with Crippen LogP contribution in [0.4, 0.5) is 17.1 Å². The molecule has 0 bridgehead atoms. The molecule has 3 aromatic carbocycles. The fourth-order valence-electron chi connectivity index (χ4n) is 4.51. The Labute approximate surface area is 205 Å². The first-order valence-electron chi connectivity index (χ1n) is 11.0. The SMILES string of the molecule is CCOc1ccc(N2C(=O)[C@@H]3[C@H](ON(c4ccccc4)[C@@H]3c3cc([N+](=O)[O-])ccc3Cl)C2=O)cc1. The highest BCUT2D eigenvalue weighted by atomic mass is 35.5. The molecule has 0 unspecified atom stereocenters. The van der Waals surface area contributed by atoms with Crippen molar-refractivity contribution >= 4 is 40.5 Å². The molecule has 0 spiro atoms. The van der Waals surface area contributed by atoms with E-state index in [1.165, 1.54) is 23.3 Å². The molecule has 0 aromatic heterocycles. The van der Waals surface area contributed by atoms with Crippen LogP contribution in [0.5, 0.6) is 5.75 Å². The molecule has 2 amide bonds. The second kappa shape index (κ2) is 9.01. The maximum atomic E-state index is 13.7. The molecule has 3 aromatic rings. The molecule has 2 aliphatic heterocycles. The van der Waals surface area contributed by atoms with Gasteiger partial charge in [-0.1, -0.05) is 29.8 Å². The van der Waals surface area contributed by atoms with Gasteiger partial charge in [0.1, 0.15) is 11.7 Å². The minimum Gasteiger partial charge on any atom is -0.494 e. The number of nitro groups is 1. The summed E-state index contributed by atoms with van der Waals surface area (Å²) in [5, 5.41) is 13.1. The van der Waals surface area contributed by atoms with E-state index >= 15 is 0 Å². The first-order chi connectivity index (χ1) is 16.9. The van der Waals surface area contributed by atoms with Crippen molar-refractivity contribution in [1.29, 1.82) is 0 Å². The normalized spacial score (nSPS) is 21.4. The Hall–Kier alpha value is -3.95. The van der Waals surface area contributed by atoms with Crippen LogP contribution in [0.1, 0.15) is 18.5 Å². The molecule has 3 atom stereocenters. The summed E-state index contributed by atoms with van der Waals surface area (Å²) in [7, 11) is 0. The molecule has 0 saturated carbocycles. The number of benzene rings is 3. The van der Waals surface area contributed by atoms with E-state index in [1.54, 1.807) is 48.5 Å². The number of amides is 2. The van der Waals surface area contributed by atoms with Gasteiger partial charge in [0, 0.05) is 22.7 Å². The number of nitro benzene ring substituents is 1. The Balaban J connectivity index is 1.58. The molecule has 2 heterocycles. The van der Waals surface area contributed by atoms with Gasteiger partial charge in [-0.2, -0.15) is 0 Å². The summed E-state index contributed by atoms with van der Waals surface area (Å²) in [6.45, 7) is 2.34. The van der Waals surface area contributed by atoms with Crippen LogP contribution in [0.15, 0.2) is 72.8 Å². The third kappa shape index (κ3) is 3.88. The van der Waals surface area contributed by atoms with E-state index in [4.69, 9.17) is 21.2 Å². The molecular weight excluding hydrogens is 474 g/mol. The second-order valence-corrected chi connectivity index (χ2v) is 8.47. The minimum atomic E-state index is -1.12. The second-order valence-electron chi connectivity index (χ2n) is 8.06. The zero-order valence-electron chi connectivity index (χ0n) is 18.5. The number of hydroxylamine groups is 1. The molecule has 2 aliphatic rings. The maximum absolute atomic E-state index is 13.7. The molecule has 5 rings (SSSR count). The summed E-state index contributed by atoms with van der Waals surface area (Å²) in [6.07, 6.45) is -1.12. The summed E-state index contributed by atoms with van der Waals surface area (Å²) in [4.78, 5) is 45.2. The Morgan fingerprint density at radius 1 is 1.00 bits per heavy atom. The van der Waals surface area contributed by atoms with Gasteiger partial charge in [-0.15, -0.1) is 0 Å². The van der Waals surface area contributed by atoms with Crippen molar-refractivity contribution in [2.75, 3.05) is 16.6 Å². The minimum absolute atomic E-state index is 0.180. The third-order valence-electron chi connectivity index (χ3n) is 6.04. The Morgan fingerprint density at radius 2 is 1.71 bits per heavy atom. The van der Waals surface area contributed by atoms with Gasteiger partial charge < -0.3 is 4.74 Å². The average molecular weight is 494 g/mol. The predicted molar refractivity (Wildman–Crippen MR) is 128 cm³/mol. The highest BCUT2D eigenvalue weighted by Crippen LogP contribution is 2.49. The van der Waals surface area contributed by atoms with Crippen LogP contribution in [0, 0.1) is 16.0 Å². The van der Waals surface area contributed by atoms with E-state index in [0.717, 1.165) is 4.90 Å². The summed E-state index contributed by atoms with van der Waals surface area (Å²) in [6, 6.07) is 18.7. The molecule has 10 heteroatoms. The van der Waals surface area contributed by atoms with E-state index in [0.29, 0.717) is 29.3 Å². The van der Waals surface area contributed by atoms with E-state index < -0.39 is 34.8 Å². The standard InChI is InChI=1S/C25H20ClN3O6/c1-2-34-18-11-8-15(9-12-18)27-24(30)21-22(19-14-17(29(32)33)10-13-20(19)26)28(35-23(21)25(27)31)16-6-4-3-5-7-16/h3-14,21-23H,2H2,1H3/t21-,22+,23-/m0/s1. The van der Waals surface area contributed by atoms with Gasteiger partial charge in [0.2, 0.25) is 5.91 Å². The molecule has 2 fully saturated rings. The van der Waals surface area contributed by atoms with Crippen molar-refractivity contribution in [3.8, 4) is 5.75 Å². The molecule has 35 heavy (non-hydrogen) atoms. The molecular formula is C25H20ClN3O6. The largest absolute Gasteiger partial charge is 0.494 e. The Bertz CT molecular complexity index is 1300.